The number of nitrogens with zero attached hydrogens (tertiary/aromatic N) is 2. The fourth-order valence-electron chi connectivity index (χ4n) is 21.1. The zero-order valence-corrected chi connectivity index (χ0v) is 95.5. The number of hydrogen-bond donors (Lipinski definition) is 0. The molecule has 2 aromatic carbocycles. The van der Waals surface area contributed by atoms with E-state index < -0.39 is 0 Å². The van der Waals surface area contributed by atoms with E-state index in [0.29, 0.717) is 0 Å². The first kappa shape index (κ1) is 131. The van der Waals surface area contributed by atoms with Crippen molar-refractivity contribution in [2.24, 2.45) is 0 Å². The molecule has 0 bridgehead atoms. The smallest absolute Gasteiger partial charge is 0.0654 e. The van der Waals surface area contributed by atoms with Gasteiger partial charge in [0.15, 0.2) is 0 Å². The number of rotatable bonds is 106. The number of aryl methyl sites for hydroxylation is 2. The standard InChI is InChI=1S/C85H138N2.2C25H51.Ni/c1-5-9-13-16-19-22-24-26-28-30-32-34-36-38-40-42-44-46-48-50-52-54-56-59-63-70-78-72-66-68-74-80(78)84-82(76-62-12-8-4)83(77-65-61-58-21-18-15-11-7-3)85(87(84)86)81-75-69-67-73-79(81)71-64-60-57-55-53-51-49-47-45-43-41-39-37-35-33-31-29-27-25-23-20-17-14-10-6-2;2*1-3-5-7-9-11-13-15-17-19-21-23-25-24-22-20-18-16-14-12-10-8-6-4-2;/h66-69,72-75H,5-53,58-64,70-71,76H2,1-4H3;2*1,3-25H2,2H3;. The fraction of sp³-hybridized carbons (Fsp3) is 0.837. The zero-order valence-electron chi connectivity index (χ0n) is 94.5. The second-order valence-electron chi connectivity index (χ2n) is 43.8. The molecule has 0 radical (unpaired) electrons. The van der Waals surface area contributed by atoms with E-state index in [0.717, 1.165) is 118 Å². The van der Waals surface area contributed by atoms with Gasteiger partial charge < -0.3 is 5.53 Å². The first-order chi connectivity index (χ1) is 68.6. The van der Waals surface area contributed by atoms with Crippen molar-refractivity contribution in [3.63, 3.8) is 0 Å². The van der Waals surface area contributed by atoms with E-state index >= 15 is 0 Å². The second-order valence-corrected chi connectivity index (χ2v) is 45.3. The van der Waals surface area contributed by atoms with Gasteiger partial charge in [-0.25, -0.2) is 4.70 Å². The third-order valence-electron chi connectivity index (χ3n) is 30.4. The molecule has 138 heavy (non-hydrogen) atoms. The van der Waals surface area contributed by atoms with Gasteiger partial charge >= 0.3 is 166 Å². The minimum absolute atomic E-state index is 0.874. The molecule has 0 aliphatic carbocycles. The molecule has 0 spiro atoms. The molecule has 1 heterocycles. The van der Waals surface area contributed by atoms with Gasteiger partial charge in [-0.2, -0.15) is 0 Å². The average Bonchev–Trinajstić information content (AvgIpc) is 1.60. The van der Waals surface area contributed by atoms with Crippen LogP contribution in [0.4, 0.5) is 0 Å². The molecule has 0 unspecified atom stereocenters. The van der Waals surface area contributed by atoms with E-state index in [1.54, 1.807) is 4.70 Å². The van der Waals surface area contributed by atoms with Gasteiger partial charge in [-0.15, -0.1) is 23.7 Å². The molecule has 0 fully saturated rings. The summed E-state index contributed by atoms with van der Waals surface area (Å²) < 4.78 is 1.56. The molecule has 3 heteroatoms. The number of benzene rings is 2. The minimum atomic E-state index is 0.874. The molecule has 1 aliphatic rings. The maximum absolute atomic E-state index is 12.8. The summed E-state index contributed by atoms with van der Waals surface area (Å²) in [5.74, 6) is 21.6. The van der Waals surface area contributed by atoms with E-state index in [1.165, 1.54) is 612 Å². The van der Waals surface area contributed by atoms with Gasteiger partial charge in [-0.3, -0.25) is 0 Å². The van der Waals surface area contributed by atoms with Gasteiger partial charge in [0, 0.05) is 43.2 Å². The van der Waals surface area contributed by atoms with Crippen molar-refractivity contribution in [1.82, 2.24) is 0 Å². The Morgan fingerprint density at radius 1 is 0.188 bits per heavy atom. The summed E-state index contributed by atoms with van der Waals surface area (Å²) >= 11 is 2.05. The summed E-state index contributed by atoms with van der Waals surface area (Å²) in [5, 5.41) is 2.87. The molecule has 2 nitrogen and oxygen atoms in total. The molecule has 1 aliphatic heterocycles. The molecular weight excluding hydrogens is 1710 g/mol. The van der Waals surface area contributed by atoms with E-state index in [9.17, 15) is 5.53 Å². The fourth-order valence-corrected chi connectivity index (χ4v) is 22.4. The molecule has 0 atom stereocenters. The van der Waals surface area contributed by atoms with Crippen LogP contribution in [0.5, 0.6) is 0 Å². The van der Waals surface area contributed by atoms with Crippen molar-refractivity contribution in [1.29, 1.82) is 0 Å². The average molecular weight is 1950 g/mol. The predicted octanol–water partition coefficient (Wildman–Crippen LogP) is 48.2. The Morgan fingerprint density at radius 3 is 0.601 bits per heavy atom. The summed E-state index contributed by atoms with van der Waals surface area (Å²) in [4.78, 5) is 0. The van der Waals surface area contributed by atoms with Gasteiger partial charge in [0.1, 0.15) is 5.57 Å². The Kier molecular flexibility index (Phi) is 105. The molecule has 2 aromatic rings. The van der Waals surface area contributed by atoms with Crippen LogP contribution in [0.25, 0.3) is 16.9 Å². The van der Waals surface area contributed by atoms with Gasteiger partial charge in [0.25, 0.3) is 0 Å². The van der Waals surface area contributed by atoms with Crippen molar-refractivity contribution in [2.75, 3.05) is 0 Å². The Bertz CT molecular complexity index is 3060. The molecular formula is C135H240N2Ni. The Hall–Kier alpha value is -3.31. The van der Waals surface area contributed by atoms with E-state index in [1.807, 2.05) is 0 Å². The number of allylic oxidation sites excluding steroid dienone is 2. The molecule has 0 saturated heterocycles. The summed E-state index contributed by atoms with van der Waals surface area (Å²) in [5.41, 5.74) is 21.6. The summed E-state index contributed by atoms with van der Waals surface area (Å²) in [6.45, 7) is 13.8. The van der Waals surface area contributed by atoms with Crippen LogP contribution in [-0.4, -0.2) is 4.70 Å². The normalized spacial score (nSPS) is 12.0. The third-order valence-corrected chi connectivity index (χ3v) is 31.8. The molecule has 3 rings (SSSR count). The van der Waals surface area contributed by atoms with Gasteiger partial charge in [-0.1, -0.05) is 533 Å². The second kappa shape index (κ2) is 111. The number of unbranched alkanes of at least 4 members (excludes halogenated alkanes) is 94. The maximum atomic E-state index is 12.8. The van der Waals surface area contributed by atoms with Crippen molar-refractivity contribution >= 4 is 11.4 Å². The van der Waals surface area contributed by atoms with Crippen LogP contribution in [0.1, 0.15) is 725 Å². The summed E-state index contributed by atoms with van der Waals surface area (Å²) in [7, 11) is 0. The van der Waals surface area contributed by atoms with Gasteiger partial charge in [-0.05, 0) is 81.0 Å². The van der Waals surface area contributed by atoms with Crippen LogP contribution in [-0.2, 0) is 27.3 Å². The van der Waals surface area contributed by atoms with Crippen molar-refractivity contribution < 1.29 is 19.1 Å². The first-order valence-corrected chi connectivity index (χ1v) is 65.0. The summed E-state index contributed by atoms with van der Waals surface area (Å²) in [6.07, 6.45) is 145. The van der Waals surface area contributed by atoms with Crippen LogP contribution >= 0.6 is 0 Å². The van der Waals surface area contributed by atoms with Crippen molar-refractivity contribution in [3.05, 3.63) is 87.5 Å². The van der Waals surface area contributed by atoms with Crippen LogP contribution in [0.2, 0.25) is 10.8 Å². The van der Waals surface area contributed by atoms with Crippen LogP contribution < -0.4 is 0 Å². The topological polar surface area (TPSA) is 25.3 Å². The molecule has 0 aromatic heterocycles. The van der Waals surface area contributed by atoms with Crippen molar-refractivity contribution in [2.45, 2.75) is 727 Å². The minimum Gasteiger partial charge on any atom is -0.0654 e. The van der Waals surface area contributed by atoms with E-state index in [4.69, 9.17) is 0 Å². The first-order valence-electron chi connectivity index (χ1n) is 63.6. The summed E-state index contributed by atoms with van der Waals surface area (Å²) in [6, 6.07) is 17.7. The predicted molar refractivity (Wildman–Crippen MR) is 620 cm³/mol. The Morgan fingerprint density at radius 2 is 0.370 bits per heavy atom. The quantitative estimate of drug-likeness (QED) is 0.0273. The SMILES string of the molecule is CCCCCCCCC#CC1=C(c2ccccc2CCCC#CCCCCCCCCCCCCCCCCCCCCCC)[N+](=[N-])C(c2ccccc2CCCC#CCCCCCCCCCCCCCCCCCCCCCC)=C1CCCCC.CCCCCCCCCCCCCCCCCCCCCCCC[CH2][Ni][CH2]CCCCCCCCCCCCCCCCCCCCCCCC. The Labute approximate surface area is 873 Å². The molecule has 0 N–H and O–H groups in total. The zero-order chi connectivity index (χ0) is 98.5. The molecule has 0 amide bonds. The molecule has 800 valence electrons. The Balaban J connectivity index is 0.00000107. The van der Waals surface area contributed by atoms with E-state index in [2.05, 4.69) is 140 Å². The van der Waals surface area contributed by atoms with Crippen LogP contribution in [0, 0.1) is 35.5 Å². The van der Waals surface area contributed by atoms with Gasteiger partial charge in [0.05, 0.1) is 5.56 Å². The van der Waals surface area contributed by atoms with E-state index in [-0.39, 0.29) is 0 Å². The monoisotopic (exact) mass is 1950 g/mol. The third kappa shape index (κ3) is 85.9. The molecule has 0 saturated carbocycles. The number of hydrogen-bond acceptors (Lipinski definition) is 0. The van der Waals surface area contributed by atoms with Crippen molar-refractivity contribution in [3.8, 4) is 35.5 Å². The van der Waals surface area contributed by atoms with Gasteiger partial charge in [0.2, 0.25) is 11.4 Å². The van der Waals surface area contributed by atoms with Crippen LogP contribution in [0.3, 0.4) is 0 Å². The van der Waals surface area contributed by atoms with Crippen LogP contribution in [0.15, 0.2) is 59.7 Å².